The zero-order valence-electron chi connectivity index (χ0n) is 19.9. The van der Waals surface area contributed by atoms with Crippen molar-refractivity contribution in [3.63, 3.8) is 0 Å². The lowest BCUT2D eigenvalue weighted by atomic mass is 9.97. The molecule has 1 aromatic heterocycles. The number of aryl methyl sites for hydroxylation is 2. The van der Waals surface area contributed by atoms with Crippen LogP contribution in [0.3, 0.4) is 0 Å². The first-order chi connectivity index (χ1) is 17.5. The quantitative estimate of drug-likeness (QED) is 0.148. The zero-order valence-corrected chi connectivity index (χ0v) is 19.9. The minimum atomic E-state index is -2.25. The Morgan fingerprint density at radius 1 is 0.784 bits per heavy atom. The minimum absolute atomic E-state index is 0.0828. The van der Waals surface area contributed by atoms with Crippen LogP contribution in [0.2, 0.25) is 0 Å². The summed E-state index contributed by atoms with van der Waals surface area (Å²) < 4.78 is 70.0. The fourth-order valence-corrected chi connectivity index (χ4v) is 3.89. The standard InChI is InChI=1S/C27H20F5N3O2/c1-13-8-10-16(11-9-13)26(36)17-6-4-5-7-18(17)27(37)33-25-14(2)34-35(15(25)3)12-19-20(28)22(30)24(32)23(31)21(19)29/h4-11H,12H2,1-3H3,(H,33,37). The van der Waals surface area contributed by atoms with Gasteiger partial charge in [-0.2, -0.15) is 5.10 Å². The van der Waals surface area contributed by atoms with Gasteiger partial charge in [-0.3, -0.25) is 14.3 Å². The Bertz CT molecular complexity index is 1520. The predicted octanol–water partition coefficient (Wildman–Crippen LogP) is 6.04. The molecule has 10 heteroatoms. The summed E-state index contributed by atoms with van der Waals surface area (Å²) in [6, 6.07) is 13.1. The normalized spacial score (nSPS) is 11.0. The zero-order chi connectivity index (χ0) is 27.0. The van der Waals surface area contributed by atoms with Crippen LogP contribution in [-0.4, -0.2) is 21.5 Å². The average molecular weight is 513 g/mol. The van der Waals surface area contributed by atoms with Crippen molar-refractivity contribution in [2.75, 3.05) is 5.32 Å². The van der Waals surface area contributed by atoms with Crippen LogP contribution in [0.1, 0.15) is 48.8 Å². The molecule has 1 N–H and O–H groups in total. The third-order valence-corrected chi connectivity index (χ3v) is 5.96. The first-order valence-electron chi connectivity index (χ1n) is 11.1. The summed E-state index contributed by atoms with van der Waals surface area (Å²) in [7, 11) is 0. The molecule has 190 valence electrons. The number of aromatic nitrogens is 2. The Balaban J connectivity index is 1.65. The lowest BCUT2D eigenvalue weighted by molar-refractivity contribution is 0.0996. The molecule has 0 aliphatic heterocycles. The van der Waals surface area contributed by atoms with Gasteiger partial charge in [-0.1, -0.05) is 48.0 Å². The molecule has 1 amide bonds. The molecule has 0 aliphatic carbocycles. The largest absolute Gasteiger partial charge is 0.319 e. The minimum Gasteiger partial charge on any atom is -0.319 e. The number of anilines is 1. The molecule has 37 heavy (non-hydrogen) atoms. The van der Waals surface area contributed by atoms with Gasteiger partial charge in [0.05, 0.1) is 34.7 Å². The van der Waals surface area contributed by atoms with E-state index in [0.717, 1.165) is 10.2 Å². The predicted molar refractivity (Wildman–Crippen MR) is 126 cm³/mol. The first-order valence-corrected chi connectivity index (χ1v) is 11.1. The number of nitrogens with zero attached hydrogens (tertiary/aromatic N) is 2. The maximum absolute atomic E-state index is 14.2. The van der Waals surface area contributed by atoms with Crippen LogP contribution >= 0.6 is 0 Å². The Kier molecular flexibility index (Phi) is 6.93. The Labute approximate surface area is 208 Å². The van der Waals surface area contributed by atoms with Gasteiger partial charge < -0.3 is 5.32 Å². The van der Waals surface area contributed by atoms with Crippen molar-refractivity contribution < 1.29 is 31.5 Å². The van der Waals surface area contributed by atoms with E-state index in [2.05, 4.69) is 10.4 Å². The number of carbonyl (C=O) groups excluding carboxylic acids is 2. The molecule has 0 fully saturated rings. The monoisotopic (exact) mass is 513 g/mol. The number of hydrogen-bond donors (Lipinski definition) is 1. The van der Waals surface area contributed by atoms with E-state index in [9.17, 15) is 31.5 Å². The summed E-state index contributed by atoms with van der Waals surface area (Å²) in [5, 5.41) is 6.74. The van der Waals surface area contributed by atoms with Crippen LogP contribution in [0.5, 0.6) is 0 Å². The number of hydrogen-bond acceptors (Lipinski definition) is 3. The van der Waals surface area contributed by atoms with E-state index < -0.39 is 47.1 Å². The second kappa shape index (κ2) is 9.96. The van der Waals surface area contributed by atoms with Crippen molar-refractivity contribution in [3.8, 4) is 0 Å². The molecule has 0 aliphatic rings. The molecule has 0 spiro atoms. The Morgan fingerprint density at radius 2 is 1.32 bits per heavy atom. The summed E-state index contributed by atoms with van der Waals surface area (Å²) in [5.41, 5.74) is 1.16. The van der Waals surface area contributed by atoms with Crippen molar-refractivity contribution in [1.82, 2.24) is 9.78 Å². The van der Waals surface area contributed by atoms with E-state index in [1.165, 1.54) is 26.0 Å². The third kappa shape index (κ3) is 4.74. The van der Waals surface area contributed by atoms with E-state index in [1.807, 2.05) is 6.92 Å². The lowest BCUT2D eigenvalue weighted by Gasteiger charge is -2.11. The highest BCUT2D eigenvalue weighted by molar-refractivity contribution is 6.17. The number of ketones is 1. The highest BCUT2D eigenvalue weighted by Crippen LogP contribution is 2.27. The maximum atomic E-state index is 14.2. The lowest BCUT2D eigenvalue weighted by Crippen LogP contribution is -2.18. The van der Waals surface area contributed by atoms with Crippen LogP contribution < -0.4 is 5.32 Å². The fourth-order valence-electron chi connectivity index (χ4n) is 3.89. The van der Waals surface area contributed by atoms with Gasteiger partial charge in [0, 0.05) is 11.1 Å². The van der Waals surface area contributed by atoms with Crippen molar-refractivity contribution in [3.05, 3.63) is 117 Å². The number of rotatable bonds is 6. The third-order valence-electron chi connectivity index (χ3n) is 5.96. The topological polar surface area (TPSA) is 64.0 Å². The van der Waals surface area contributed by atoms with E-state index in [-0.39, 0.29) is 34.0 Å². The Morgan fingerprint density at radius 3 is 1.92 bits per heavy atom. The molecule has 0 saturated carbocycles. The van der Waals surface area contributed by atoms with Gasteiger partial charge in [0.1, 0.15) is 0 Å². The molecule has 0 saturated heterocycles. The van der Waals surface area contributed by atoms with Gasteiger partial charge in [0.15, 0.2) is 29.1 Å². The highest BCUT2D eigenvalue weighted by atomic mass is 19.2. The van der Waals surface area contributed by atoms with Gasteiger partial charge in [-0.25, -0.2) is 22.0 Å². The number of carbonyl (C=O) groups is 2. The molecular formula is C27H20F5N3O2. The van der Waals surface area contributed by atoms with Gasteiger partial charge in [0.25, 0.3) is 5.91 Å². The molecule has 1 heterocycles. The van der Waals surface area contributed by atoms with E-state index in [4.69, 9.17) is 0 Å². The van der Waals surface area contributed by atoms with Gasteiger partial charge >= 0.3 is 0 Å². The number of nitrogens with one attached hydrogen (secondary N) is 1. The van der Waals surface area contributed by atoms with Crippen molar-refractivity contribution in [2.24, 2.45) is 0 Å². The molecular weight excluding hydrogens is 493 g/mol. The summed E-state index contributed by atoms with van der Waals surface area (Å²) in [5.74, 6) is -11.3. The summed E-state index contributed by atoms with van der Waals surface area (Å²) >= 11 is 0. The molecule has 0 unspecified atom stereocenters. The van der Waals surface area contributed by atoms with Gasteiger partial charge in [0.2, 0.25) is 5.82 Å². The SMILES string of the molecule is Cc1ccc(C(=O)c2ccccc2C(=O)Nc2c(C)nn(Cc3c(F)c(F)c(F)c(F)c3F)c2C)cc1. The summed E-state index contributed by atoms with van der Waals surface area (Å²) in [6.45, 7) is 4.08. The van der Waals surface area contributed by atoms with Crippen LogP contribution in [0.4, 0.5) is 27.6 Å². The van der Waals surface area contributed by atoms with E-state index in [1.54, 1.807) is 36.4 Å². The van der Waals surface area contributed by atoms with Gasteiger partial charge in [-0.15, -0.1) is 0 Å². The van der Waals surface area contributed by atoms with Gasteiger partial charge in [-0.05, 0) is 26.8 Å². The van der Waals surface area contributed by atoms with Crippen LogP contribution in [0.15, 0.2) is 48.5 Å². The van der Waals surface area contributed by atoms with Crippen molar-refractivity contribution in [2.45, 2.75) is 27.3 Å². The smallest absolute Gasteiger partial charge is 0.256 e. The molecule has 0 radical (unpaired) electrons. The fraction of sp³-hybridized carbons (Fsp3) is 0.148. The molecule has 5 nitrogen and oxygen atoms in total. The first kappa shape index (κ1) is 25.7. The summed E-state index contributed by atoms with van der Waals surface area (Å²) in [6.07, 6.45) is 0. The maximum Gasteiger partial charge on any atom is 0.256 e. The second-order valence-corrected chi connectivity index (χ2v) is 8.45. The second-order valence-electron chi connectivity index (χ2n) is 8.45. The molecule has 4 aromatic rings. The Hall–Kier alpha value is -4.34. The van der Waals surface area contributed by atoms with Crippen LogP contribution in [0, 0.1) is 49.9 Å². The molecule has 3 aromatic carbocycles. The molecule has 0 bridgehead atoms. The molecule has 0 atom stereocenters. The number of amides is 1. The highest BCUT2D eigenvalue weighted by Gasteiger charge is 2.27. The van der Waals surface area contributed by atoms with Crippen molar-refractivity contribution >= 4 is 17.4 Å². The number of benzene rings is 3. The van der Waals surface area contributed by atoms with E-state index >= 15 is 0 Å². The average Bonchev–Trinajstić information content (AvgIpc) is 3.16. The van der Waals surface area contributed by atoms with E-state index in [0.29, 0.717) is 5.56 Å². The summed E-state index contributed by atoms with van der Waals surface area (Å²) in [4.78, 5) is 26.2. The number of halogens is 5. The molecule has 4 rings (SSSR count). The van der Waals surface area contributed by atoms with Crippen LogP contribution in [-0.2, 0) is 6.54 Å². The van der Waals surface area contributed by atoms with Crippen molar-refractivity contribution in [1.29, 1.82) is 0 Å². The van der Waals surface area contributed by atoms with Crippen LogP contribution in [0.25, 0.3) is 0 Å².